The summed E-state index contributed by atoms with van der Waals surface area (Å²) in [6, 6.07) is 0.150. The lowest BCUT2D eigenvalue weighted by Gasteiger charge is -2.39. The normalized spacial score (nSPS) is 19.2. The van der Waals surface area contributed by atoms with E-state index in [2.05, 4.69) is 48.6 Å². The molecule has 0 spiro atoms. The van der Waals surface area contributed by atoms with E-state index in [1.165, 1.54) is 0 Å². The van der Waals surface area contributed by atoms with Crippen LogP contribution in [0.15, 0.2) is 18.7 Å². The molecule has 10 heteroatoms. The van der Waals surface area contributed by atoms with E-state index < -0.39 is 0 Å². The van der Waals surface area contributed by atoms with E-state index >= 15 is 0 Å². The van der Waals surface area contributed by atoms with Gasteiger partial charge in [0, 0.05) is 51.2 Å². The third kappa shape index (κ3) is 4.15. The maximum absolute atomic E-state index is 12.9. The second-order valence-corrected chi connectivity index (χ2v) is 8.96. The van der Waals surface area contributed by atoms with Crippen LogP contribution in [0.3, 0.4) is 0 Å². The van der Waals surface area contributed by atoms with E-state index in [9.17, 15) is 4.79 Å². The van der Waals surface area contributed by atoms with Crippen LogP contribution in [0, 0.1) is 12.8 Å². The van der Waals surface area contributed by atoms with Crippen molar-refractivity contribution in [2.24, 2.45) is 5.92 Å². The molecular weight excluding hydrogens is 418 g/mol. The Bertz CT molecular complexity index is 1140. The number of aryl methyl sites for hydroxylation is 2. The third-order valence-electron chi connectivity index (χ3n) is 6.57. The van der Waals surface area contributed by atoms with Crippen LogP contribution in [-0.4, -0.2) is 84.0 Å². The van der Waals surface area contributed by atoms with Crippen LogP contribution in [0.2, 0.25) is 0 Å². The molecule has 0 saturated carbocycles. The molecule has 0 bridgehead atoms. The first-order valence-corrected chi connectivity index (χ1v) is 11.8. The number of carbonyl (C=O) groups excluding carboxylic acids is 1. The highest BCUT2D eigenvalue weighted by Crippen LogP contribution is 2.28. The highest BCUT2D eigenvalue weighted by molar-refractivity contribution is 5.86. The molecule has 2 saturated heterocycles. The van der Waals surface area contributed by atoms with Crippen molar-refractivity contribution in [3.8, 4) is 11.4 Å². The van der Waals surface area contributed by atoms with Crippen LogP contribution in [0.5, 0.6) is 0 Å². The van der Waals surface area contributed by atoms with Crippen LogP contribution < -0.4 is 5.32 Å². The van der Waals surface area contributed by atoms with Gasteiger partial charge in [-0.25, -0.2) is 24.9 Å². The standard InChI is InChI=1S/C23H31N9O/c1-4-7-30-11-17(12-30)23(33)31-8-6-18(13-31)28-20-19-22(27-14-26-20)32(5-2)21(29-19)16-9-24-15(3)25-10-16/h9-10,14,17-18H,4-8,11-13H2,1-3H3,(H,26,27,28). The number of rotatable bonds is 7. The molecule has 3 aromatic rings. The predicted molar refractivity (Wildman–Crippen MR) is 126 cm³/mol. The fraction of sp³-hybridized carbons (Fsp3) is 0.565. The highest BCUT2D eigenvalue weighted by Gasteiger charge is 2.37. The zero-order chi connectivity index (χ0) is 22.9. The number of fused-ring (bicyclic) bond motifs is 1. The van der Waals surface area contributed by atoms with E-state index in [1.54, 1.807) is 18.7 Å². The highest BCUT2D eigenvalue weighted by atomic mass is 16.2. The molecule has 0 radical (unpaired) electrons. The molecule has 1 amide bonds. The number of amides is 1. The van der Waals surface area contributed by atoms with Gasteiger partial charge in [-0.05, 0) is 33.2 Å². The molecule has 2 fully saturated rings. The molecule has 3 aromatic heterocycles. The first kappa shape index (κ1) is 21.7. The number of hydrogen-bond acceptors (Lipinski definition) is 8. The summed E-state index contributed by atoms with van der Waals surface area (Å²) in [4.78, 5) is 39.7. The summed E-state index contributed by atoms with van der Waals surface area (Å²) in [7, 11) is 0. The first-order chi connectivity index (χ1) is 16.1. The SMILES string of the molecule is CCCN1CC(C(=O)N2CCC(Nc3ncnc4c3nc(-c3cnc(C)nc3)n4CC)C2)C1. The fourth-order valence-electron chi connectivity index (χ4n) is 4.82. The minimum atomic E-state index is 0.150. The topological polar surface area (TPSA) is 105 Å². The number of likely N-dealkylation sites (tertiary alicyclic amines) is 2. The quantitative estimate of drug-likeness (QED) is 0.584. The van der Waals surface area contributed by atoms with Gasteiger partial charge in [-0.15, -0.1) is 0 Å². The molecule has 1 atom stereocenters. The predicted octanol–water partition coefficient (Wildman–Crippen LogP) is 1.97. The zero-order valence-electron chi connectivity index (χ0n) is 19.5. The van der Waals surface area contributed by atoms with Crippen molar-refractivity contribution in [2.45, 2.75) is 46.2 Å². The Morgan fingerprint density at radius 1 is 1.12 bits per heavy atom. The molecule has 0 aliphatic carbocycles. The lowest BCUT2D eigenvalue weighted by Crippen LogP contribution is -2.54. The summed E-state index contributed by atoms with van der Waals surface area (Å²) in [6.45, 7) is 11.2. The van der Waals surface area contributed by atoms with Crippen molar-refractivity contribution in [3.63, 3.8) is 0 Å². The number of nitrogens with zero attached hydrogens (tertiary/aromatic N) is 8. The van der Waals surface area contributed by atoms with Crippen molar-refractivity contribution in [1.82, 2.24) is 39.3 Å². The monoisotopic (exact) mass is 449 g/mol. The molecule has 2 aliphatic rings. The van der Waals surface area contributed by atoms with Gasteiger partial charge in [0.1, 0.15) is 18.0 Å². The summed E-state index contributed by atoms with van der Waals surface area (Å²) < 4.78 is 2.05. The molecule has 1 unspecified atom stereocenters. The molecule has 2 aliphatic heterocycles. The summed E-state index contributed by atoms with van der Waals surface area (Å²) in [5.41, 5.74) is 2.36. The molecule has 5 heterocycles. The van der Waals surface area contributed by atoms with Crippen LogP contribution in [0.4, 0.5) is 5.82 Å². The minimum Gasteiger partial charge on any atom is -0.364 e. The van der Waals surface area contributed by atoms with Crippen molar-refractivity contribution in [1.29, 1.82) is 0 Å². The Kier molecular flexibility index (Phi) is 5.92. The summed E-state index contributed by atoms with van der Waals surface area (Å²) in [5.74, 6) is 2.65. The van der Waals surface area contributed by atoms with Gasteiger partial charge in [0.25, 0.3) is 0 Å². The van der Waals surface area contributed by atoms with E-state index in [0.29, 0.717) is 12.4 Å². The number of hydrogen-bond donors (Lipinski definition) is 1. The van der Waals surface area contributed by atoms with Gasteiger partial charge in [-0.2, -0.15) is 0 Å². The van der Waals surface area contributed by atoms with Crippen molar-refractivity contribution >= 4 is 22.9 Å². The van der Waals surface area contributed by atoms with E-state index in [-0.39, 0.29) is 17.9 Å². The largest absolute Gasteiger partial charge is 0.364 e. The van der Waals surface area contributed by atoms with Crippen LogP contribution >= 0.6 is 0 Å². The average molecular weight is 450 g/mol. The molecular formula is C23H31N9O. The Labute approximate surface area is 193 Å². The van der Waals surface area contributed by atoms with Crippen molar-refractivity contribution in [3.05, 3.63) is 24.5 Å². The van der Waals surface area contributed by atoms with E-state index in [4.69, 9.17) is 4.98 Å². The molecule has 1 N–H and O–H groups in total. The van der Waals surface area contributed by atoms with Gasteiger partial charge in [-0.3, -0.25) is 4.79 Å². The van der Waals surface area contributed by atoms with Gasteiger partial charge < -0.3 is 19.7 Å². The van der Waals surface area contributed by atoms with Gasteiger partial charge >= 0.3 is 0 Å². The van der Waals surface area contributed by atoms with Gasteiger partial charge in [0.05, 0.1) is 11.5 Å². The molecule has 174 valence electrons. The summed E-state index contributed by atoms with van der Waals surface area (Å²) in [6.07, 6.45) is 7.19. The Morgan fingerprint density at radius 3 is 2.64 bits per heavy atom. The second kappa shape index (κ2) is 9.01. The maximum Gasteiger partial charge on any atom is 0.228 e. The molecule has 33 heavy (non-hydrogen) atoms. The minimum absolute atomic E-state index is 0.150. The molecule has 5 rings (SSSR count). The van der Waals surface area contributed by atoms with Crippen molar-refractivity contribution < 1.29 is 4.79 Å². The lowest BCUT2D eigenvalue weighted by atomic mass is 9.98. The molecule has 0 aromatic carbocycles. The molecule has 10 nitrogen and oxygen atoms in total. The van der Waals surface area contributed by atoms with Gasteiger partial charge in [0.15, 0.2) is 17.0 Å². The summed E-state index contributed by atoms with van der Waals surface area (Å²) in [5, 5.41) is 3.54. The third-order valence-corrected chi connectivity index (χ3v) is 6.57. The number of imidazole rings is 1. The number of nitrogens with one attached hydrogen (secondary N) is 1. The number of anilines is 1. The van der Waals surface area contributed by atoms with Crippen LogP contribution in [-0.2, 0) is 11.3 Å². The van der Waals surface area contributed by atoms with E-state index in [1.807, 2.05) is 11.8 Å². The number of carbonyl (C=O) groups is 1. The fourth-order valence-corrected chi connectivity index (χ4v) is 4.82. The first-order valence-electron chi connectivity index (χ1n) is 11.8. The maximum atomic E-state index is 12.9. The van der Waals surface area contributed by atoms with Crippen molar-refractivity contribution in [2.75, 3.05) is 38.0 Å². The number of aromatic nitrogens is 6. The second-order valence-electron chi connectivity index (χ2n) is 8.96. The summed E-state index contributed by atoms with van der Waals surface area (Å²) >= 11 is 0. The van der Waals surface area contributed by atoms with Gasteiger partial charge in [0.2, 0.25) is 5.91 Å². The Morgan fingerprint density at radius 2 is 1.91 bits per heavy atom. The lowest BCUT2D eigenvalue weighted by molar-refractivity contribution is -0.140. The van der Waals surface area contributed by atoms with E-state index in [0.717, 1.165) is 73.9 Å². The average Bonchev–Trinajstić information content (AvgIpc) is 3.41. The zero-order valence-corrected chi connectivity index (χ0v) is 19.5. The van der Waals surface area contributed by atoms with Crippen LogP contribution in [0.1, 0.15) is 32.5 Å². The Hall–Kier alpha value is -3.14. The smallest absolute Gasteiger partial charge is 0.228 e. The Balaban J connectivity index is 1.32. The van der Waals surface area contributed by atoms with Gasteiger partial charge in [-0.1, -0.05) is 6.92 Å². The van der Waals surface area contributed by atoms with Crippen LogP contribution in [0.25, 0.3) is 22.6 Å².